The van der Waals surface area contributed by atoms with Crippen molar-refractivity contribution >= 4 is 23.4 Å². The highest BCUT2D eigenvalue weighted by Gasteiger charge is 2.31. The van der Waals surface area contributed by atoms with Crippen LogP contribution in [0.25, 0.3) is 0 Å². The Balaban J connectivity index is 1.75. The first-order valence-electron chi connectivity index (χ1n) is 6.93. The third kappa shape index (κ3) is 3.83. The Morgan fingerprint density at radius 2 is 2.00 bits per heavy atom. The fourth-order valence-electron chi connectivity index (χ4n) is 2.54. The second-order valence-corrected chi connectivity index (χ2v) is 5.88. The van der Waals surface area contributed by atoms with E-state index in [1.165, 1.54) is 0 Å². The lowest BCUT2D eigenvalue weighted by molar-refractivity contribution is -0.142. The number of ether oxygens (including phenoxy) is 1. The third-order valence-corrected chi connectivity index (χ3v) is 3.92. The Morgan fingerprint density at radius 3 is 2.53 bits per heavy atom. The first-order chi connectivity index (χ1) is 9.08. The first kappa shape index (κ1) is 14.6. The molecule has 2 saturated heterocycles. The van der Waals surface area contributed by atoms with Gasteiger partial charge in [-0.2, -0.15) is 0 Å². The summed E-state index contributed by atoms with van der Waals surface area (Å²) in [6.07, 6.45) is 3.13. The number of hydrogen-bond donors (Lipinski definition) is 1. The minimum Gasteiger partial charge on any atom is -0.368 e. The number of hydrogen-bond acceptors (Lipinski definition) is 3. The van der Waals surface area contributed by atoms with Gasteiger partial charge in [-0.3, -0.25) is 9.59 Å². The maximum Gasteiger partial charge on any atom is 0.251 e. The van der Waals surface area contributed by atoms with Crippen molar-refractivity contribution in [3.8, 4) is 0 Å². The maximum absolute atomic E-state index is 12.1. The van der Waals surface area contributed by atoms with Gasteiger partial charge in [0.15, 0.2) is 0 Å². The molecule has 2 rings (SSSR count). The molecule has 0 aromatic rings. The second-order valence-electron chi connectivity index (χ2n) is 5.23. The molecule has 0 bridgehead atoms. The van der Waals surface area contributed by atoms with E-state index in [0.29, 0.717) is 19.7 Å². The van der Waals surface area contributed by atoms with Gasteiger partial charge in [0, 0.05) is 25.7 Å². The van der Waals surface area contributed by atoms with Gasteiger partial charge in [0.2, 0.25) is 5.91 Å². The molecule has 2 unspecified atom stereocenters. The highest BCUT2D eigenvalue weighted by Crippen LogP contribution is 2.18. The van der Waals surface area contributed by atoms with Crippen LogP contribution in [0, 0.1) is 0 Å². The zero-order valence-corrected chi connectivity index (χ0v) is 12.0. The molecule has 1 N–H and O–H groups in total. The number of likely N-dealkylation sites (tertiary alicyclic amines) is 1. The van der Waals surface area contributed by atoms with Crippen LogP contribution in [0.2, 0.25) is 0 Å². The quantitative estimate of drug-likeness (QED) is 0.785. The lowest BCUT2D eigenvalue weighted by Gasteiger charge is -2.33. The molecule has 2 atom stereocenters. The van der Waals surface area contributed by atoms with Gasteiger partial charge in [-0.1, -0.05) is 0 Å². The van der Waals surface area contributed by atoms with E-state index in [0.717, 1.165) is 25.7 Å². The van der Waals surface area contributed by atoms with Crippen molar-refractivity contribution in [3.05, 3.63) is 0 Å². The van der Waals surface area contributed by atoms with Crippen LogP contribution >= 0.6 is 11.6 Å². The van der Waals surface area contributed by atoms with E-state index in [-0.39, 0.29) is 24.0 Å². The summed E-state index contributed by atoms with van der Waals surface area (Å²) in [5.74, 6) is -0.0291. The van der Waals surface area contributed by atoms with Crippen LogP contribution in [-0.4, -0.2) is 53.9 Å². The summed E-state index contributed by atoms with van der Waals surface area (Å²) in [4.78, 5) is 25.5. The summed E-state index contributed by atoms with van der Waals surface area (Å²) in [6, 6.07) is 0.127. The third-order valence-electron chi connectivity index (χ3n) is 3.72. The lowest BCUT2D eigenvalue weighted by atomic mass is 10.0. The van der Waals surface area contributed by atoms with Crippen molar-refractivity contribution in [1.82, 2.24) is 10.2 Å². The molecule has 2 aliphatic rings. The first-order valence-corrected chi connectivity index (χ1v) is 7.36. The molecule has 2 fully saturated rings. The normalized spacial score (nSPS) is 26.2. The number of alkyl halides is 1. The van der Waals surface area contributed by atoms with Crippen LogP contribution in [0.1, 0.15) is 32.6 Å². The van der Waals surface area contributed by atoms with Crippen LogP contribution in [0.15, 0.2) is 0 Å². The van der Waals surface area contributed by atoms with Crippen LogP contribution in [0.5, 0.6) is 0 Å². The van der Waals surface area contributed by atoms with Gasteiger partial charge in [0.1, 0.15) is 11.5 Å². The fourth-order valence-corrected chi connectivity index (χ4v) is 2.60. The Hall–Kier alpha value is -0.810. The van der Waals surface area contributed by atoms with Crippen molar-refractivity contribution < 1.29 is 14.3 Å². The fraction of sp³-hybridized carbons (Fsp3) is 0.846. The molecule has 6 heteroatoms. The van der Waals surface area contributed by atoms with Crippen molar-refractivity contribution in [1.29, 1.82) is 0 Å². The number of amides is 2. The predicted molar refractivity (Wildman–Crippen MR) is 72.0 cm³/mol. The molecule has 0 spiro atoms. The van der Waals surface area contributed by atoms with E-state index >= 15 is 0 Å². The number of carbonyl (C=O) groups excluding carboxylic acids is 2. The SMILES string of the molecule is CC(Cl)C(=O)NC1CCN(C(=O)C2CCCO2)CC1. The molecule has 5 nitrogen and oxygen atoms in total. The number of nitrogens with one attached hydrogen (secondary N) is 1. The average Bonchev–Trinajstić information content (AvgIpc) is 2.92. The van der Waals surface area contributed by atoms with Gasteiger partial charge in [0.25, 0.3) is 5.91 Å². The average molecular weight is 289 g/mol. The van der Waals surface area contributed by atoms with Gasteiger partial charge >= 0.3 is 0 Å². The maximum atomic E-state index is 12.1. The van der Waals surface area contributed by atoms with Gasteiger partial charge < -0.3 is 15.0 Å². The van der Waals surface area contributed by atoms with Crippen LogP contribution in [0.4, 0.5) is 0 Å². The predicted octanol–water partition coefficient (Wildman–Crippen LogP) is 0.900. The standard InChI is InChI=1S/C13H21ClN2O3/c1-9(14)12(17)15-10-4-6-16(7-5-10)13(18)11-3-2-8-19-11/h9-11H,2-8H2,1H3,(H,15,17). The van der Waals surface area contributed by atoms with Crippen molar-refractivity contribution in [2.45, 2.75) is 50.1 Å². The molecule has 2 amide bonds. The van der Waals surface area contributed by atoms with Crippen molar-refractivity contribution in [2.24, 2.45) is 0 Å². The number of rotatable bonds is 3. The minimum atomic E-state index is -0.508. The Bertz CT molecular complexity index is 335. The second kappa shape index (κ2) is 6.57. The van der Waals surface area contributed by atoms with Crippen LogP contribution in [0.3, 0.4) is 0 Å². The number of carbonyl (C=O) groups is 2. The molecule has 0 saturated carbocycles. The minimum absolute atomic E-state index is 0.105. The summed E-state index contributed by atoms with van der Waals surface area (Å²) in [5, 5.41) is 2.40. The highest BCUT2D eigenvalue weighted by atomic mass is 35.5. The summed E-state index contributed by atoms with van der Waals surface area (Å²) in [7, 11) is 0. The summed E-state index contributed by atoms with van der Waals surface area (Å²) < 4.78 is 5.41. The summed E-state index contributed by atoms with van der Waals surface area (Å²) in [6.45, 7) is 3.71. The number of piperidine rings is 1. The smallest absolute Gasteiger partial charge is 0.251 e. The number of halogens is 1. The largest absolute Gasteiger partial charge is 0.368 e. The highest BCUT2D eigenvalue weighted by molar-refractivity contribution is 6.30. The van der Waals surface area contributed by atoms with E-state index in [1.807, 2.05) is 4.90 Å². The summed E-state index contributed by atoms with van der Waals surface area (Å²) in [5.41, 5.74) is 0. The molecule has 0 aliphatic carbocycles. The van der Waals surface area contributed by atoms with E-state index in [2.05, 4.69) is 5.32 Å². The monoisotopic (exact) mass is 288 g/mol. The molecule has 0 aromatic heterocycles. The molecule has 0 aromatic carbocycles. The number of nitrogens with zero attached hydrogens (tertiary/aromatic N) is 1. The summed E-state index contributed by atoms with van der Waals surface area (Å²) >= 11 is 5.72. The van der Waals surface area contributed by atoms with E-state index in [4.69, 9.17) is 16.3 Å². The van der Waals surface area contributed by atoms with Crippen LogP contribution < -0.4 is 5.32 Å². The van der Waals surface area contributed by atoms with Gasteiger partial charge in [-0.05, 0) is 32.6 Å². The molecule has 108 valence electrons. The Morgan fingerprint density at radius 1 is 1.32 bits per heavy atom. The molecular formula is C13H21ClN2O3. The molecule has 19 heavy (non-hydrogen) atoms. The van der Waals surface area contributed by atoms with Crippen LogP contribution in [-0.2, 0) is 14.3 Å². The molecular weight excluding hydrogens is 268 g/mol. The van der Waals surface area contributed by atoms with Gasteiger partial charge in [0.05, 0.1) is 0 Å². The topological polar surface area (TPSA) is 58.6 Å². The Kier molecular flexibility index (Phi) is 5.05. The van der Waals surface area contributed by atoms with Gasteiger partial charge in [-0.25, -0.2) is 0 Å². The lowest BCUT2D eigenvalue weighted by Crippen LogP contribution is -2.49. The zero-order chi connectivity index (χ0) is 13.8. The van der Waals surface area contributed by atoms with E-state index in [1.54, 1.807) is 6.92 Å². The van der Waals surface area contributed by atoms with Crippen molar-refractivity contribution in [3.63, 3.8) is 0 Å². The Labute approximate surface area is 118 Å². The van der Waals surface area contributed by atoms with E-state index in [9.17, 15) is 9.59 Å². The van der Waals surface area contributed by atoms with E-state index < -0.39 is 5.38 Å². The molecule has 2 aliphatic heterocycles. The van der Waals surface area contributed by atoms with Gasteiger partial charge in [-0.15, -0.1) is 11.6 Å². The van der Waals surface area contributed by atoms with Crippen molar-refractivity contribution in [2.75, 3.05) is 19.7 Å². The molecule has 0 radical (unpaired) electrons. The zero-order valence-electron chi connectivity index (χ0n) is 11.2. The molecule has 2 heterocycles.